The Kier molecular flexibility index (Phi) is 4.97. The number of halogens is 1. The molecular formula is C20H25FN2S. The summed E-state index contributed by atoms with van der Waals surface area (Å²) in [6.45, 7) is 5.78. The zero-order valence-corrected chi connectivity index (χ0v) is 14.8. The molecule has 4 heteroatoms. The first kappa shape index (κ1) is 16.2. The predicted molar refractivity (Wildman–Crippen MR) is 98.2 cm³/mol. The molecule has 24 heavy (non-hydrogen) atoms. The number of hydrogen-bond acceptors (Lipinski definition) is 3. The summed E-state index contributed by atoms with van der Waals surface area (Å²) in [5, 5.41) is 8.09. The topological polar surface area (TPSA) is 15.3 Å². The Morgan fingerprint density at radius 2 is 1.83 bits per heavy atom. The van der Waals surface area contributed by atoms with Crippen LogP contribution in [0, 0.1) is 11.7 Å². The van der Waals surface area contributed by atoms with E-state index in [1.807, 2.05) is 12.1 Å². The van der Waals surface area contributed by atoms with Gasteiger partial charge in [0.15, 0.2) is 0 Å². The van der Waals surface area contributed by atoms with Crippen LogP contribution >= 0.6 is 11.3 Å². The smallest absolute Gasteiger partial charge is 0.123 e. The number of hydrogen-bond donors (Lipinski definition) is 1. The van der Waals surface area contributed by atoms with Crippen LogP contribution in [-0.4, -0.2) is 37.6 Å². The van der Waals surface area contributed by atoms with Gasteiger partial charge in [0.1, 0.15) is 5.82 Å². The molecule has 2 atom stereocenters. The van der Waals surface area contributed by atoms with Crippen LogP contribution in [0.5, 0.6) is 0 Å². The quantitative estimate of drug-likeness (QED) is 0.899. The SMILES string of the molecule is Fc1ccc(C2CCN(C[C@H]3CNC[C@H]3c3ccsc3)CC2)cc1. The maximum absolute atomic E-state index is 13.1. The standard InChI is InChI=1S/C20H25FN2S/c21-19-3-1-15(2-4-19)16-5-8-23(9-6-16)13-18-11-22-12-20(18)17-7-10-24-14-17/h1-4,7,10,14,16,18,20,22H,5-6,8-9,11-13H2/t18-,20+/m1/s1. The van der Waals surface area contributed by atoms with Crippen molar-refractivity contribution in [2.24, 2.45) is 5.92 Å². The van der Waals surface area contributed by atoms with Crippen molar-refractivity contribution in [2.45, 2.75) is 24.7 Å². The molecule has 2 nitrogen and oxygen atoms in total. The lowest BCUT2D eigenvalue weighted by Crippen LogP contribution is -2.38. The first-order valence-corrected chi connectivity index (χ1v) is 9.94. The Labute approximate surface area is 147 Å². The van der Waals surface area contributed by atoms with Gasteiger partial charge in [0, 0.05) is 19.0 Å². The van der Waals surface area contributed by atoms with Crippen molar-refractivity contribution in [3.8, 4) is 0 Å². The highest BCUT2D eigenvalue weighted by molar-refractivity contribution is 7.08. The zero-order valence-electron chi connectivity index (χ0n) is 14.0. The molecule has 0 amide bonds. The van der Waals surface area contributed by atoms with Gasteiger partial charge < -0.3 is 10.2 Å². The predicted octanol–water partition coefficient (Wildman–Crippen LogP) is 4.07. The van der Waals surface area contributed by atoms with Crippen molar-refractivity contribution in [2.75, 3.05) is 32.7 Å². The highest BCUT2D eigenvalue weighted by atomic mass is 32.1. The molecule has 0 spiro atoms. The fraction of sp³-hybridized carbons (Fsp3) is 0.500. The molecule has 0 aliphatic carbocycles. The van der Waals surface area contributed by atoms with Crippen LogP contribution in [0.2, 0.25) is 0 Å². The lowest BCUT2D eigenvalue weighted by Gasteiger charge is -2.34. The fourth-order valence-corrected chi connectivity index (χ4v) is 5.04. The molecule has 1 aromatic carbocycles. The second-order valence-electron chi connectivity index (χ2n) is 7.21. The van der Waals surface area contributed by atoms with E-state index >= 15 is 0 Å². The first-order chi connectivity index (χ1) is 11.8. The van der Waals surface area contributed by atoms with E-state index in [9.17, 15) is 4.39 Å². The largest absolute Gasteiger partial charge is 0.316 e. The van der Waals surface area contributed by atoms with Gasteiger partial charge in [0.05, 0.1) is 0 Å². The number of piperidine rings is 1. The van der Waals surface area contributed by atoms with Crippen molar-refractivity contribution in [1.29, 1.82) is 0 Å². The third kappa shape index (κ3) is 3.56. The molecule has 2 aliphatic heterocycles. The molecule has 3 heterocycles. The van der Waals surface area contributed by atoms with Crippen molar-refractivity contribution < 1.29 is 4.39 Å². The molecule has 1 N–H and O–H groups in total. The Morgan fingerprint density at radius 1 is 1.04 bits per heavy atom. The number of thiophene rings is 1. The average Bonchev–Trinajstić information content (AvgIpc) is 3.27. The second-order valence-corrected chi connectivity index (χ2v) is 7.99. The van der Waals surface area contributed by atoms with E-state index in [0.717, 1.165) is 32.1 Å². The van der Waals surface area contributed by atoms with E-state index in [-0.39, 0.29) is 5.82 Å². The Morgan fingerprint density at radius 3 is 2.54 bits per heavy atom. The van der Waals surface area contributed by atoms with Crippen molar-refractivity contribution in [3.05, 3.63) is 58.0 Å². The maximum Gasteiger partial charge on any atom is 0.123 e. The van der Waals surface area contributed by atoms with Gasteiger partial charge in [-0.25, -0.2) is 4.39 Å². The van der Waals surface area contributed by atoms with Gasteiger partial charge in [-0.15, -0.1) is 0 Å². The molecule has 2 saturated heterocycles. The normalized spacial score (nSPS) is 26.0. The van der Waals surface area contributed by atoms with Gasteiger partial charge in [-0.1, -0.05) is 12.1 Å². The van der Waals surface area contributed by atoms with E-state index in [0.29, 0.717) is 11.8 Å². The minimum absolute atomic E-state index is 0.135. The van der Waals surface area contributed by atoms with Gasteiger partial charge in [-0.3, -0.25) is 0 Å². The lowest BCUT2D eigenvalue weighted by molar-refractivity contribution is 0.182. The van der Waals surface area contributed by atoms with Gasteiger partial charge >= 0.3 is 0 Å². The number of benzene rings is 1. The molecule has 2 fully saturated rings. The van der Waals surface area contributed by atoms with Gasteiger partial charge in [0.25, 0.3) is 0 Å². The number of nitrogens with zero attached hydrogens (tertiary/aromatic N) is 1. The first-order valence-electron chi connectivity index (χ1n) is 9.00. The molecule has 0 unspecified atom stereocenters. The molecule has 0 radical (unpaired) electrons. The van der Waals surface area contributed by atoms with Crippen LogP contribution in [-0.2, 0) is 0 Å². The average molecular weight is 344 g/mol. The Hall–Kier alpha value is -1.23. The summed E-state index contributed by atoms with van der Waals surface area (Å²) in [6.07, 6.45) is 2.38. The summed E-state index contributed by atoms with van der Waals surface area (Å²) < 4.78 is 13.1. The highest BCUT2D eigenvalue weighted by Gasteiger charge is 2.31. The van der Waals surface area contributed by atoms with Crippen LogP contribution in [0.1, 0.15) is 35.8 Å². The molecule has 0 bridgehead atoms. The monoisotopic (exact) mass is 344 g/mol. The summed E-state index contributed by atoms with van der Waals surface area (Å²) in [5.74, 6) is 1.86. The lowest BCUT2D eigenvalue weighted by atomic mass is 9.87. The highest BCUT2D eigenvalue weighted by Crippen LogP contribution is 2.33. The van der Waals surface area contributed by atoms with E-state index in [4.69, 9.17) is 0 Å². The van der Waals surface area contributed by atoms with E-state index in [1.165, 1.54) is 30.5 Å². The van der Waals surface area contributed by atoms with Crippen LogP contribution in [0.25, 0.3) is 0 Å². The molecule has 1 aromatic heterocycles. The second kappa shape index (κ2) is 7.34. The molecule has 2 aliphatic rings. The van der Waals surface area contributed by atoms with Gasteiger partial charge in [-0.2, -0.15) is 11.3 Å². The van der Waals surface area contributed by atoms with Crippen molar-refractivity contribution in [3.63, 3.8) is 0 Å². The van der Waals surface area contributed by atoms with Crippen LogP contribution in [0.15, 0.2) is 41.1 Å². The van der Waals surface area contributed by atoms with E-state index in [1.54, 1.807) is 23.5 Å². The minimum atomic E-state index is -0.135. The van der Waals surface area contributed by atoms with Gasteiger partial charge in [0.2, 0.25) is 0 Å². The number of nitrogens with one attached hydrogen (secondary N) is 1. The van der Waals surface area contributed by atoms with Crippen LogP contribution in [0.3, 0.4) is 0 Å². The summed E-state index contributed by atoms with van der Waals surface area (Å²) in [7, 11) is 0. The molecule has 128 valence electrons. The molecule has 0 saturated carbocycles. The zero-order chi connectivity index (χ0) is 16.4. The van der Waals surface area contributed by atoms with Crippen molar-refractivity contribution >= 4 is 11.3 Å². The third-order valence-electron chi connectivity index (χ3n) is 5.73. The minimum Gasteiger partial charge on any atom is -0.316 e. The van der Waals surface area contributed by atoms with Crippen LogP contribution < -0.4 is 5.32 Å². The fourth-order valence-electron chi connectivity index (χ4n) is 4.32. The third-order valence-corrected chi connectivity index (χ3v) is 6.43. The van der Waals surface area contributed by atoms with Crippen molar-refractivity contribution in [1.82, 2.24) is 10.2 Å². The van der Waals surface area contributed by atoms with Crippen LogP contribution in [0.4, 0.5) is 4.39 Å². The summed E-state index contributed by atoms with van der Waals surface area (Å²) in [4.78, 5) is 2.64. The molecule has 4 rings (SSSR count). The number of likely N-dealkylation sites (tertiary alicyclic amines) is 1. The van der Waals surface area contributed by atoms with E-state index < -0.39 is 0 Å². The maximum atomic E-state index is 13.1. The summed E-state index contributed by atoms with van der Waals surface area (Å²) in [6, 6.07) is 9.40. The Balaban J connectivity index is 1.32. The van der Waals surface area contributed by atoms with E-state index in [2.05, 4.69) is 27.0 Å². The molecular weight excluding hydrogens is 319 g/mol. The Bertz CT molecular complexity index is 632. The summed E-state index contributed by atoms with van der Waals surface area (Å²) in [5.41, 5.74) is 2.81. The van der Waals surface area contributed by atoms with Gasteiger partial charge in [-0.05, 0) is 84.4 Å². The molecule has 2 aromatic rings. The summed E-state index contributed by atoms with van der Waals surface area (Å²) >= 11 is 1.81. The number of rotatable bonds is 4.